The Bertz CT molecular complexity index is 863. The summed E-state index contributed by atoms with van der Waals surface area (Å²) in [6.07, 6.45) is 1.18. The van der Waals surface area contributed by atoms with E-state index < -0.39 is 12.0 Å². The number of thiophene rings is 1. The van der Waals surface area contributed by atoms with Gasteiger partial charge in [-0.05, 0) is 55.8 Å². The van der Waals surface area contributed by atoms with Crippen LogP contribution in [0.25, 0.3) is 0 Å². The van der Waals surface area contributed by atoms with E-state index in [1.54, 1.807) is 23.1 Å². The average Bonchev–Trinajstić information content (AvgIpc) is 3.36. The van der Waals surface area contributed by atoms with Crippen molar-refractivity contribution >= 4 is 29.1 Å². The SMILES string of the molecule is CC(C)N(Cc1cccc(C(=O)N2CCC[C@@H]2C(=O)O)c1)C(=O)c1cccs1. The topological polar surface area (TPSA) is 77.9 Å². The third kappa shape index (κ3) is 4.25. The first kappa shape index (κ1) is 20.1. The Morgan fingerprint density at radius 1 is 1.25 bits per heavy atom. The summed E-state index contributed by atoms with van der Waals surface area (Å²) in [4.78, 5) is 40.9. The van der Waals surface area contributed by atoms with Gasteiger partial charge in [-0.3, -0.25) is 9.59 Å². The van der Waals surface area contributed by atoms with Gasteiger partial charge in [-0.25, -0.2) is 4.79 Å². The maximum absolute atomic E-state index is 12.8. The van der Waals surface area contributed by atoms with E-state index >= 15 is 0 Å². The first-order chi connectivity index (χ1) is 13.4. The summed E-state index contributed by atoms with van der Waals surface area (Å²) in [7, 11) is 0. The number of nitrogens with zero attached hydrogens (tertiary/aromatic N) is 2. The Balaban J connectivity index is 1.79. The number of rotatable bonds is 6. The molecule has 1 fully saturated rings. The number of carbonyl (C=O) groups is 3. The maximum Gasteiger partial charge on any atom is 0.326 e. The molecule has 1 aliphatic rings. The molecule has 1 saturated heterocycles. The summed E-state index contributed by atoms with van der Waals surface area (Å²) in [6, 6.07) is 10.0. The van der Waals surface area contributed by atoms with Gasteiger partial charge in [0.25, 0.3) is 11.8 Å². The molecule has 7 heteroatoms. The Hall–Kier alpha value is -2.67. The minimum absolute atomic E-state index is 0.00364. The predicted octanol–water partition coefficient (Wildman–Crippen LogP) is 3.49. The van der Waals surface area contributed by atoms with Crippen LogP contribution in [0.3, 0.4) is 0 Å². The summed E-state index contributed by atoms with van der Waals surface area (Å²) in [6.45, 7) is 4.76. The molecule has 2 heterocycles. The highest BCUT2D eigenvalue weighted by molar-refractivity contribution is 7.12. The lowest BCUT2D eigenvalue weighted by molar-refractivity contribution is -0.141. The van der Waals surface area contributed by atoms with Gasteiger partial charge in [0.15, 0.2) is 0 Å². The fraction of sp³-hybridized carbons (Fsp3) is 0.381. The van der Waals surface area contributed by atoms with Crippen LogP contribution in [0.1, 0.15) is 52.3 Å². The number of carbonyl (C=O) groups excluding carboxylic acids is 2. The number of hydrogen-bond donors (Lipinski definition) is 1. The molecule has 0 aliphatic carbocycles. The summed E-state index contributed by atoms with van der Waals surface area (Å²) < 4.78 is 0. The lowest BCUT2D eigenvalue weighted by Crippen LogP contribution is -2.40. The van der Waals surface area contributed by atoms with Crippen LogP contribution in [0.4, 0.5) is 0 Å². The van der Waals surface area contributed by atoms with E-state index in [1.165, 1.54) is 16.2 Å². The fourth-order valence-electron chi connectivity index (χ4n) is 3.46. The van der Waals surface area contributed by atoms with E-state index in [4.69, 9.17) is 0 Å². The van der Waals surface area contributed by atoms with Crippen molar-refractivity contribution in [1.82, 2.24) is 9.80 Å². The second-order valence-electron chi connectivity index (χ2n) is 7.20. The normalized spacial score (nSPS) is 16.4. The lowest BCUT2D eigenvalue weighted by Gasteiger charge is -2.27. The van der Waals surface area contributed by atoms with Crippen LogP contribution in [-0.4, -0.2) is 51.3 Å². The van der Waals surface area contributed by atoms with E-state index in [-0.39, 0.29) is 17.9 Å². The number of carboxylic acids is 1. The first-order valence-electron chi connectivity index (χ1n) is 9.35. The van der Waals surface area contributed by atoms with Crippen LogP contribution in [-0.2, 0) is 11.3 Å². The molecule has 0 radical (unpaired) electrons. The Morgan fingerprint density at radius 2 is 2.04 bits per heavy atom. The quantitative estimate of drug-likeness (QED) is 0.805. The van der Waals surface area contributed by atoms with Crippen molar-refractivity contribution in [2.45, 2.75) is 45.3 Å². The van der Waals surface area contributed by atoms with Crippen molar-refractivity contribution in [3.63, 3.8) is 0 Å². The third-order valence-corrected chi connectivity index (χ3v) is 5.80. The maximum atomic E-state index is 12.8. The molecular weight excluding hydrogens is 376 g/mol. The standard InChI is InChI=1S/C21H24N2O4S/c1-14(2)23(20(25)18-9-5-11-28-18)13-15-6-3-7-16(12-15)19(24)22-10-4-8-17(22)21(26)27/h3,5-7,9,11-12,14,17H,4,8,10,13H2,1-2H3,(H,26,27)/t17-/m1/s1. The van der Waals surface area contributed by atoms with Gasteiger partial charge in [0.05, 0.1) is 4.88 Å². The van der Waals surface area contributed by atoms with Crippen molar-refractivity contribution in [3.8, 4) is 0 Å². The number of benzene rings is 1. The van der Waals surface area contributed by atoms with Gasteiger partial charge < -0.3 is 14.9 Å². The number of aliphatic carboxylic acids is 1. The molecule has 6 nitrogen and oxygen atoms in total. The molecule has 0 unspecified atom stereocenters. The van der Waals surface area contributed by atoms with Crippen molar-refractivity contribution in [1.29, 1.82) is 0 Å². The zero-order valence-electron chi connectivity index (χ0n) is 16.0. The van der Waals surface area contributed by atoms with Gasteiger partial charge in [0.1, 0.15) is 6.04 Å². The zero-order valence-corrected chi connectivity index (χ0v) is 16.8. The number of amides is 2. The molecule has 0 spiro atoms. The second kappa shape index (κ2) is 8.56. The molecule has 2 aromatic rings. The summed E-state index contributed by atoms with van der Waals surface area (Å²) in [5, 5.41) is 11.2. The highest BCUT2D eigenvalue weighted by Gasteiger charge is 2.34. The number of carboxylic acid groups (broad SMARTS) is 1. The molecule has 1 aromatic heterocycles. The molecule has 0 saturated carbocycles. The summed E-state index contributed by atoms with van der Waals surface area (Å²) in [5.41, 5.74) is 1.30. The highest BCUT2D eigenvalue weighted by Crippen LogP contribution is 2.22. The van der Waals surface area contributed by atoms with E-state index in [9.17, 15) is 19.5 Å². The van der Waals surface area contributed by atoms with Crippen molar-refractivity contribution in [3.05, 3.63) is 57.8 Å². The summed E-state index contributed by atoms with van der Waals surface area (Å²) in [5.74, 6) is -1.27. The minimum Gasteiger partial charge on any atom is -0.480 e. The zero-order chi connectivity index (χ0) is 20.3. The Morgan fingerprint density at radius 3 is 2.68 bits per heavy atom. The molecule has 0 bridgehead atoms. The molecule has 28 heavy (non-hydrogen) atoms. The molecular formula is C21H24N2O4S. The molecule has 1 aromatic carbocycles. The van der Waals surface area contributed by atoms with Crippen molar-refractivity contribution in [2.24, 2.45) is 0 Å². The van der Waals surface area contributed by atoms with Crippen molar-refractivity contribution in [2.75, 3.05) is 6.54 Å². The van der Waals surface area contributed by atoms with Crippen LogP contribution < -0.4 is 0 Å². The van der Waals surface area contributed by atoms with E-state index in [0.717, 1.165) is 5.56 Å². The highest BCUT2D eigenvalue weighted by atomic mass is 32.1. The average molecular weight is 401 g/mol. The van der Waals surface area contributed by atoms with Gasteiger partial charge in [-0.1, -0.05) is 18.2 Å². The Kier molecular flexibility index (Phi) is 6.14. The number of likely N-dealkylation sites (tertiary alicyclic amines) is 1. The van der Waals surface area contributed by atoms with E-state index in [2.05, 4.69) is 0 Å². The molecule has 1 aliphatic heterocycles. The predicted molar refractivity (Wildman–Crippen MR) is 107 cm³/mol. The minimum atomic E-state index is -0.963. The van der Waals surface area contributed by atoms with Crippen LogP contribution in [0.15, 0.2) is 41.8 Å². The van der Waals surface area contributed by atoms with Crippen LogP contribution in [0, 0.1) is 0 Å². The second-order valence-corrected chi connectivity index (χ2v) is 8.15. The molecule has 2 amide bonds. The summed E-state index contributed by atoms with van der Waals surface area (Å²) >= 11 is 1.41. The first-order valence-corrected chi connectivity index (χ1v) is 10.2. The van der Waals surface area contributed by atoms with E-state index in [1.807, 2.05) is 37.4 Å². The largest absolute Gasteiger partial charge is 0.480 e. The molecule has 1 N–H and O–H groups in total. The molecule has 1 atom stereocenters. The monoisotopic (exact) mass is 400 g/mol. The Labute approximate surface area is 168 Å². The lowest BCUT2D eigenvalue weighted by atomic mass is 10.1. The molecule has 148 valence electrons. The van der Waals surface area contributed by atoms with Crippen LogP contribution >= 0.6 is 11.3 Å². The van der Waals surface area contributed by atoms with E-state index in [0.29, 0.717) is 36.4 Å². The van der Waals surface area contributed by atoms with Gasteiger partial charge in [0, 0.05) is 24.7 Å². The van der Waals surface area contributed by atoms with Gasteiger partial charge in [-0.15, -0.1) is 11.3 Å². The number of hydrogen-bond acceptors (Lipinski definition) is 4. The van der Waals surface area contributed by atoms with Crippen molar-refractivity contribution < 1.29 is 19.5 Å². The molecule has 3 rings (SSSR count). The third-order valence-electron chi connectivity index (χ3n) is 4.94. The van der Waals surface area contributed by atoms with Gasteiger partial charge >= 0.3 is 5.97 Å². The van der Waals surface area contributed by atoms with Crippen LogP contribution in [0.5, 0.6) is 0 Å². The smallest absolute Gasteiger partial charge is 0.326 e. The van der Waals surface area contributed by atoms with Gasteiger partial charge in [-0.2, -0.15) is 0 Å². The van der Waals surface area contributed by atoms with Gasteiger partial charge in [0.2, 0.25) is 0 Å². The van der Waals surface area contributed by atoms with Crippen LogP contribution in [0.2, 0.25) is 0 Å². The fourth-order valence-corrected chi connectivity index (χ4v) is 4.14.